The van der Waals surface area contributed by atoms with Crippen LogP contribution in [0.15, 0.2) is 24.3 Å². The summed E-state index contributed by atoms with van der Waals surface area (Å²) in [5.41, 5.74) is 0. The van der Waals surface area contributed by atoms with Gasteiger partial charge in [-0.2, -0.15) is 0 Å². The zero-order valence-corrected chi connectivity index (χ0v) is 58.7. The summed E-state index contributed by atoms with van der Waals surface area (Å²) in [5, 5.41) is 54.3. The molecule has 0 radical (unpaired) electrons. The minimum atomic E-state index is -1.57. The van der Waals surface area contributed by atoms with Crippen LogP contribution in [0.4, 0.5) is 0 Å². The van der Waals surface area contributed by atoms with E-state index in [9.17, 15) is 35.1 Å². The number of ether oxygens (including phenoxy) is 3. The van der Waals surface area contributed by atoms with Crippen LogP contribution in [0.3, 0.4) is 0 Å². The number of carbonyl (C=O) groups excluding carboxylic acids is 2. The molecule has 526 valence electrons. The van der Waals surface area contributed by atoms with Crippen molar-refractivity contribution in [2.75, 3.05) is 19.8 Å². The summed E-state index contributed by atoms with van der Waals surface area (Å²) in [4.78, 5) is 25.1. The van der Waals surface area contributed by atoms with Crippen molar-refractivity contribution >= 4 is 11.9 Å². The largest absolute Gasteiger partial charge is 0.466 e. The Morgan fingerprint density at radius 3 is 1.08 bits per heavy atom. The Hall–Kier alpha value is -1.86. The van der Waals surface area contributed by atoms with Crippen LogP contribution in [0.25, 0.3) is 0 Å². The second-order valence-electron chi connectivity index (χ2n) is 27.4. The second kappa shape index (κ2) is 67.6. The Labute approximate surface area is 550 Å². The standard InChI is InChI=1S/C78H149NO10/c1-3-5-7-9-11-13-14-15-39-43-46-50-54-58-62-66-74(83)87-67-63-59-55-51-47-44-41-38-36-34-32-30-28-26-24-22-20-18-16-17-19-21-23-25-27-29-31-33-35-37-40-42-45-49-53-57-61-65-73(82)79-70(71(81)64-60-56-52-48-12-10-8-6-4-2)69-88-78-77(86)76(85)75(84)72(68-80)89-78/h15,39,60,64,70-72,75-78,80-81,84-86H,3-14,16-38,40-59,61-63,65-69H2,1-2H3,(H,79,82)/b39-15-,64-60+. The smallest absolute Gasteiger partial charge is 0.305 e. The quantitative estimate of drug-likeness (QED) is 0.0195. The Bertz CT molecular complexity index is 1530. The van der Waals surface area contributed by atoms with Gasteiger partial charge in [-0.3, -0.25) is 9.59 Å². The van der Waals surface area contributed by atoms with Crippen molar-refractivity contribution in [3.63, 3.8) is 0 Å². The number of unbranched alkanes of at least 4 members (excludes halogenated alkanes) is 54. The lowest BCUT2D eigenvalue weighted by molar-refractivity contribution is -0.302. The molecule has 0 spiro atoms. The van der Waals surface area contributed by atoms with E-state index in [0.29, 0.717) is 19.4 Å². The van der Waals surface area contributed by atoms with Crippen molar-refractivity contribution in [3.8, 4) is 0 Å². The van der Waals surface area contributed by atoms with Gasteiger partial charge < -0.3 is 45.1 Å². The van der Waals surface area contributed by atoms with E-state index in [1.807, 2.05) is 6.08 Å². The number of carbonyl (C=O) groups is 2. The van der Waals surface area contributed by atoms with E-state index >= 15 is 0 Å². The SMILES string of the molecule is CCCCCCCC/C=C\CCCCCCCC(=O)OCCCCCCCCCCCCCCCCCCCCCCCCCCCCCCCCCCCCCCCC(=O)NC(COC1OC(CO)C(O)C(O)C1O)C(O)/C=C/CCCCCCCCC. The Kier molecular flexibility index (Phi) is 64.6. The van der Waals surface area contributed by atoms with Crippen LogP contribution in [-0.4, -0.2) is 100 Å². The Morgan fingerprint density at radius 2 is 0.719 bits per heavy atom. The van der Waals surface area contributed by atoms with Gasteiger partial charge in [0.2, 0.25) is 5.91 Å². The molecule has 0 aromatic heterocycles. The predicted molar refractivity (Wildman–Crippen MR) is 375 cm³/mol. The summed E-state index contributed by atoms with van der Waals surface area (Å²) in [6.07, 6.45) is 76.6. The first kappa shape index (κ1) is 85.2. The van der Waals surface area contributed by atoms with Gasteiger partial charge >= 0.3 is 5.97 Å². The minimum absolute atomic E-state index is 0.00994. The van der Waals surface area contributed by atoms with Gasteiger partial charge in [0, 0.05) is 12.8 Å². The third kappa shape index (κ3) is 56.2. The van der Waals surface area contributed by atoms with Gasteiger partial charge in [-0.1, -0.05) is 353 Å². The third-order valence-corrected chi connectivity index (χ3v) is 18.8. The van der Waals surface area contributed by atoms with Crippen molar-refractivity contribution in [1.29, 1.82) is 0 Å². The van der Waals surface area contributed by atoms with Gasteiger partial charge in [0.05, 0.1) is 32.0 Å². The van der Waals surface area contributed by atoms with Crippen LogP contribution in [-0.2, 0) is 23.8 Å². The zero-order chi connectivity index (χ0) is 64.4. The third-order valence-electron chi connectivity index (χ3n) is 18.8. The summed E-state index contributed by atoms with van der Waals surface area (Å²) >= 11 is 0. The molecule has 1 fully saturated rings. The summed E-state index contributed by atoms with van der Waals surface area (Å²) in [6.45, 7) is 4.36. The summed E-state index contributed by atoms with van der Waals surface area (Å²) < 4.78 is 16.7. The highest BCUT2D eigenvalue weighted by molar-refractivity contribution is 5.76. The van der Waals surface area contributed by atoms with Crippen LogP contribution in [0.1, 0.15) is 399 Å². The van der Waals surface area contributed by atoms with Crippen LogP contribution < -0.4 is 5.32 Å². The first-order valence-corrected chi connectivity index (χ1v) is 39.1. The van der Waals surface area contributed by atoms with E-state index in [0.717, 1.165) is 57.8 Å². The summed E-state index contributed by atoms with van der Waals surface area (Å²) in [6, 6.07) is -0.804. The number of amides is 1. The molecule has 1 amide bonds. The normalized spacial score (nSPS) is 17.8. The predicted octanol–water partition coefficient (Wildman–Crippen LogP) is 20.8. The Balaban J connectivity index is 1.84. The highest BCUT2D eigenvalue weighted by atomic mass is 16.7. The molecule has 7 unspecified atom stereocenters. The number of rotatable bonds is 70. The molecule has 1 saturated heterocycles. The first-order chi connectivity index (χ1) is 43.7. The van der Waals surface area contributed by atoms with Crippen LogP contribution in [0, 0.1) is 0 Å². The van der Waals surface area contributed by atoms with Gasteiger partial charge in [-0.15, -0.1) is 0 Å². The van der Waals surface area contributed by atoms with Gasteiger partial charge in [-0.25, -0.2) is 0 Å². The maximum atomic E-state index is 13.0. The lowest BCUT2D eigenvalue weighted by Gasteiger charge is -2.40. The fraction of sp³-hybridized carbons (Fsp3) is 0.923. The molecule has 0 bridgehead atoms. The van der Waals surface area contributed by atoms with Gasteiger partial charge in [0.15, 0.2) is 6.29 Å². The highest BCUT2D eigenvalue weighted by Gasteiger charge is 2.44. The van der Waals surface area contributed by atoms with Gasteiger partial charge in [0.1, 0.15) is 24.4 Å². The van der Waals surface area contributed by atoms with E-state index in [4.69, 9.17) is 14.2 Å². The number of allylic oxidation sites excluding steroid dienone is 3. The van der Waals surface area contributed by atoms with Crippen molar-refractivity contribution in [1.82, 2.24) is 5.32 Å². The first-order valence-electron chi connectivity index (χ1n) is 39.1. The molecule has 89 heavy (non-hydrogen) atoms. The lowest BCUT2D eigenvalue weighted by Crippen LogP contribution is -2.60. The summed E-state index contributed by atoms with van der Waals surface area (Å²) in [7, 11) is 0. The van der Waals surface area contributed by atoms with E-state index in [1.165, 1.54) is 315 Å². The van der Waals surface area contributed by atoms with E-state index in [2.05, 4.69) is 31.3 Å². The molecule has 1 aliphatic heterocycles. The van der Waals surface area contributed by atoms with Crippen molar-refractivity contribution in [3.05, 3.63) is 24.3 Å². The molecular formula is C78H149NO10. The average Bonchev–Trinajstić information content (AvgIpc) is 1.84. The fourth-order valence-corrected chi connectivity index (χ4v) is 12.7. The van der Waals surface area contributed by atoms with E-state index in [-0.39, 0.29) is 18.5 Å². The van der Waals surface area contributed by atoms with Crippen LogP contribution in [0.5, 0.6) is 0 Å². The molecule has 1 heterocycles. The van der Waals surface area contributed by atoms with E-state index in [1.54, 1.807) is 6.08 Å². The molecule has 0 aliphatic carbocycles. The van der Waals surface area contributed by atoms with Gasteiger partial charge in [-0.05, 0) is 57.8 Å². The van der Waals surface area contributed by atoms with Crippen LogP contribution >= 0.6 is 0 Å². The average molecular weight is 1260 g/mol. The minimum Gasteiger partial charge on any atom is -0.466 e. The zero-order valence-electron chi connectivity index (χ0n) is 58.7. The number of aliphatic hydroxyl groups is 5. The summed E-state index contributed by atoms with van der Waals surface area (Å²) in [5.74, 6) is -0.166. The molecular weight excluding hydrogens is 1110 g/mol. The molecule has 6 N–H and O–H groups in total. The highest BCUT2D eigenvalue weighted by Crippen LogP contribution is 2.24. The fourth-order valence-electron chi connectivity index (χ4n) is 12.7. The molecule has 11 nitrogen and oxygen atoms in total. The monoisotopic (exact) mass is 1260 g/mol. The maximum absolute atomic E-state index is 13.0. The maximum Gasteiger partial charge on any atom is 0.305 e. The Morgan fingerprint density at radius 1 is 0.404 bits per heavy atom. The van der Waals surface area contributed by atoms with Crippen molar-refractivity contribution in [2.24, 2.45) is 0 Å². The number of hydrogen-bond donors (Lipinski definition) is 6. The van der Waals surface area contributed by atoms with Crippen molar-refractivity contribution in [2.45, 2.75) is 442 Å². The lowest BCUT2D eigenvalue weighted by atomic mass is 9.99. The topological polar surface area (TPSA) is 175 Å². The van der Waals surface area contributed by atoms with E-state index < -0.39 is 49.5 Å². The van der Waals surface area contributed by atoms with Crippen LogP contribution in [0.2, 0.25) is 0 Å². The van der Waals surface area contributed by atoms with Gasteiger partial charge in [0.25, 0.3) is 0 Å². The molecule has 11 heteroatoms. The molecule has 1 aliphatic rings. The number of hydrogen-bond acceptors (Lipinski definition) is 10. The van der Waals surface area contributed by atoms with Crippen molar-refractivity contribution < 1.29 is 49.3 Å². The molecule has 0 aromatic carbocycles. The molecule has 0 aromatic rings. The number of esters is 1. The molecule has 0 saturated carbocycles. The number of aliphatic hydroxyl groups excluding tert-OH is 5. The molecule has 1 rings (SSSR count). The second-order valence-corrected chi connectivity index (χ2v) is 27.4. The molecule has 7 atom stereocenters. The number of nitrogens with one attached hydrogen (secondary N) is 1.